The van der Waals surface area contributed by atoms with Gasteiger partial charge in [0.2, 0.25) is 5.91 Å². The smallest absolute Gasteiger partial charge is 0.325 e. The van der Waals surface area contributed by atoms with Gasteiger partial charge in [0.1, 0.15) is 6.04 Å². The van der Waals surface area contributed by atoms with E-state index >= 15 is 0 Å². The number of rotatable bonds is 4. The topological polar surface area (TPSA) is 83.6 Å². The normalized spacial score (nSPS) is 18.9. The lowest BCUT2D eigenvalue weighted by molar-refractivity contribution is -0.144. The van der Waals surface area contributed by atoms with Crippen LogP contribution in [0.25, 0.3) is 0 Å². The largest absolute Gasteiger partial charge is 0.480 e. The number of likely N-dealkylation sites (tertiary alicyclic amines) is 1. The number of primary amides is 1. The number of carboxylic acid groups (broad SMARTS) is 1. The number of nitrogens with two attached hydrogens (primary N) is 1. The minimum absolute atomic E-state index is 0.124. The van der Waals surface area contributed by atoms with Gasteiger partial charge < -0.3 is 10.8 Å². The zero-order chi connectivity index (χ0) is 13.8. The van der Waals surface area contributed by atoms with E-state index in [1.165, 1.54) is 0 Å². The molecule has 1 aromatic carbocycles. The predicted molar refractivity (Wildman–Crippen MR) is 70.3 cm³/mol. The highest BCUT2D eigenvalue weighted by atomic mass is 16.4. The van der Waals surface area contributed by atoms with Gasteiger partial charge in [-0.2, -0.15) is 0 Å². The summed E-state index contributed by atoms with van der Waals surface area (Å²) in [5.41, 5.74) is 6.06. The number of benzene rings is 1. The van der Waals surface area contributed by atoms with Crippen molar-refractivity contribution in [2.45, 2.75) is 18.9 Å². The summed E-state index contributed by atoms with van der Waals surface area (Å²) < 4.78 is 0. The Hall–Kier alpha value is -1.88. The first-order chi connectivity index (χ1) is 9.09. The van der Waals surface area contributed by atoms with Crippen molar-refractivity contribution in [1.82, 2.24) is 4.90 Å². The Morgan fingerprint density at radius 1 is 1.21 bits per heavy atom. The predicted octanol–water partition coefficient (Wildman–Crippen LogP) is 1.01. The summed E-state index contributed by atoms with van der Waals surface area (Å²) >= 11 is 0. The number of carbonyl (C=O) groups is 2. The fourth-order valence-electron chi connectivity index (χ4n) is 2.59. The molecule has 0 saturated carbocycles. The summed E-state index contributed by atoms with van der Waals surface area (Å²) in [5.74, 6) is -1.27. The fraction of sp³-hybridized carbons (Fsp3) is 0.429. The van der Waals surface area contributed by atoms with Crippen LogP contribution in [0.5, 0.6) is 0 Å². The van der Waals surface area contributed by atoms with E-state index in [-0.39, 0.29) is 11.8 Å². The van der Waals surface area contributed by atoms with Crippen molar-refractivity contribution in [1.29, 1.82) is 0 Å². The van der Waals surface area contributed by atoms with E-state index in [4.69, 9.17) is 5.73 Å². The van der Waals surface area contributed by atoms with Crippen molar-refractivity contribution >= 4 is 11.9 Å². The van der Waals surface area contributed by atoms with E-state index in [1.54, 1.807) is 0 Å². The van der Waals surface area contributed by atoms with E-state index in [0.29, 0.717) is 25.9 Å². The lowest BCUT2D eigenvalue weighted by Crippen LogP contribution is -2.42. The highest BCUT2D eigenvalue weighted by Crippen LogP contribution is 2.27. The van der Waals surface area contributed by atoms with Gasteiger partial charge in [0, 0.05) is 19.0 Å². The minimum Gasteiger partial charge on any atom is -0.480 e. The highest BCUT2D eigenvalue weighted by Gasteiger charge is 2.32. The Morgan fingerprint density at radius 2 is 1.79 bits per heavy atom. The van der Waals surface area contributed by atoms with Gasteiger partial charge in [0.15, 0.2) is 0 Å². The molecule has 0 radical (unpaired) electrons. The average Bonchev–Trinajstić information content (AvgIpc) is 2.40. The van der Waals surface area contributed by atoms with E-state index in [1.807, 2.05) is 35.2 Å². The van der Waals surface area contributed by atoms with E-state index in [9.17, 15) is 14.7 Å². The summed E-state index contributed by atoms with van der Waals surface area (Å²) in [6.07, 6.45) is 1.26. The molecule has 19 heavy (non-hydrogen) atoms. The average molecular weight is 262 g/mol. The first-order valence-electron chi connectivity index (χ1n) is 6.40. The lowest BCUT2D eigenvalue weighted by Gasteiger charge is -2.34. The summed E-state index contributed by atoms with van der Waals surface area (Å²) in [7, 11) is 0. The molecule has 1 atom stereocenters. The van der Waals surface area contributed by atoms with Gasteiger partial charge >= 0.3 is 5.97 Å². The molecule has 102 valence electrons. The molecule has 1 aromatic rings. The molecular weight excluding hydrogens is 244 g/mol. The molecule has 1 fully saturated rings. The van der Waals surface area contributed by atoms with Crippen LogP contribution in [0.1, 0.15) is 24.4 Å². The van der Waals surface area contributed by atoms with Gasteiger partial charge in [0.05, 0.1) is 0 Å². The Bertz CT molecular complexity index is 453. The second-order valence-corrected chi connectivity index (χ2v) is 4.86. The maximum atomic E-state index is 11.5. The van der Waals surface area contributed by atoms with Crippen LogP contribution in [0.15, 0.2) is 30.3 Å². The molecule has 1 amide bonds. The standard InChI is InChI=1S/C14H18N2O3/c15-13(17)11-6-8-16(9-7-11)12(14(18)19)10-4-2-1-3-5-10/h1-5,11-12H,6-9H2,(H2,15,17)(H,18,19). The molecule has 0 aliphatic carbocycles. The van der Waals surface area contributed by atoms with Crippen molar-refractivity contribution in [2.75, 3.05) is 13.1 Å². The van der Waals surface area contributed by atoms with E-state index in [0.717, 1.165) is 5.56 Å². The van der Waals surface area contributed by atoms with Crippen molar-refractivity contribution in [3.8, 4) is 0 Å². The monoisotopic (exact) mass is 262 g/mol. The maximum absolute atomic E-state index is 11.5. The second-order valence-electron chi connectivity index (χ2n) is 4.86. The molecular formula is C14H18N2O3. The Balaban J connectivity index is 2.10. The molecule has 2 rings (SSSR count). The number of hydrogen-bond acceptors (Lipinski definition) is 3. The third kappa shape index (κ3) is 3.12. The number of carbonyl (C=O) groups excluding carboxylic acids is 1. The highest BCUT2D eigenvalue weighted by molar-refractivity contribution is 5.77. The minimum atomic E-state index is -0.858. The molecule has 1 saturated heterocycles. The van der Waals surface area contributed by atoms with Gasteiger partial charge in [-0.3, -0.25) is 14.5 Å². The van der Waals surface area contributed by atoms with E-state index in [2.05, 4.69) is 0 Å². The Labute approximate surface area is 112 Å². The van der Waals surface area contributed by atoms with Crippen LogP contribution in [-0.4, -0.2) is 35.0 Å². The van der Waals surface area contributed by atoms with Crippen LogP contribution >= 0.6 is 0 Å². The summed E-state index contributed by atoms with van der Waals surface area (Å²) in [4.78, 5) is 24.5. The van der Waals surface area contributed by atoms with Crippen LogP contribution in [0, 0.1) is 5.92 Å². The van der Waals surface area contributed by atoms with Crippen molar-refractivity contribution < 1.29 is 14.7 Å². The van der Waals surface area contributed by atoms with Gasteiger partial charge in [-0.1, -0.05) is 30.3 Å². The first kappa shape index (κ1) is 13.5. The number of aliphatic carboxylic acids is 1. The Kier molecular flexibility index (Phi) is 4.16. The van der Waals surface area contributed by atoms with Crippen molar-refractivity contribution in [3.05, 3.63) is 35.9 Å². The van der Waals surface area contributed by atoms with Crippen LogP contribution in [0.4, 0.5) is 0 Å². The van der Waals surface area contributed by atoms with Gasteiger partial charge in [-0.25, -0.2) is 0 Å². The van der Waals surface area contributed by atoms with Gasteiger partial charge in [-0.05, 0) is 18.4 Å². The van der Waals surface area contributed by atoms with E-state index < -0.39 is 12.0 Å². The lowest BCUT2D eigenvalue weighted by atomic mass is 9.94. The molecule has 3 N–H and O–H groups in total. The SMILES string of the molecule is NC(=O)C1CCN(C(C(=O)O)c2ccccc2)CC1. The summed E-state index contributed by atoms with van der Waals surface area (Å²) in [6.45, 7) is 1.17. The summed E-state index contributed by atoms with van der Waals surface area (Å²) in [5, 5.41) is 9.42. The molecule has 0 aromatic heterocycles. The third-order valence-corrected chi connectivity index (χ3v) is 3.65. The summed E-state index contributed by atoms with van der Waals surface area (Å²) in [6, 6.07) is 8.53. The maximum Gasteiger partial charge on any atom is 0.325 e. The molecule has 0 spiro atoms. The van der Waals surface area contributed by atoms with Crippen LogP contribution in [-0.2, 0) is 9.59 Å². The van der Waals surface area contributed by atoms with Gasteiger partial charge in [0.25, 0.3) is 0 Å². The molecule has 5 nitrogen and oxygen atoms in total. The number of piperidine rings is 1. The first-order valence-corrected chi connectivity index (χ1v) is 6.40. The number of hydrogen-bond donors (Lipinski definition) is 2. The third-order valence-electron chi connectivity index (χ3n) is 3.65. The van der Waals surface area contributed by atoms with Crippen LogP contribution in [0.2, 0.25) is 0 Å². The second kappa shape index (κ2) is 5.84. The number of nitrogens with zero attached hydrogens (tertiary/aromatic N) is 1. The molecule has 1 aliphatic rings. The van der Waals surface area contributed by atoms with Crippen LogP contribution < -0.4 is 5.73 Å². The molecule has 1 unspecified atom stereocenters. The molecule has 5 heteroatoms. The van der Waals surface area contributed by atoms with Crippen molar-refractivity contribution in [2.24, 2.45) is 11.7 Å². The van der Waals surface area contributed by atoms with Crippen LogP contribution in [0.3, 0.4) is 0 Å². The van der Waals surface area contributed by atoms with Gasteiger partial charge in [-0.15, -0.1) is 0 Å². The fourth-order valence-corrected chi connectivity index (χ4v) is 2.59. The van der Waals surface area contributed by atoms with Crippen molar-refractivity contribution in [3.63, 3.8) is 0 Å². The molecule has 1 aliphatic heterocycles. The Morgan fingerprint density at radius 3 is 2.26 bits per heavy atom. The zero-order valence-electron chi connectivity index (χ0n) is 10.7. The zero-order valence-corrected chi connectivity index (χ0v) is 10.7. The number of carboxylic acids is 1. The molecule has 1 heterocycles. The molecule has 0 bridgehead atoms. The number of amides is 1. The quantitative estimate of drug-likeness (QED) is 0.848.